The van der Waals surface area contributed by atoms with E-state index in [1.807, 2.05) is 26.0 Å². The molecule has 3 amide bonds. The highest BCUT2D eigenvalue weighted by molar-refractivity contribution is 5.93. The molecule has 0 radical (unpaired) electrons. The van der Waals surface area contributed by atoms with E-state index >= 15 is 0 Å². The zero-order valence-electron chi connectivity index (χ0n) is 20.2. The largest absolute Gasteiger partial charge is 0.348 e. The number of hydrogen-bond donors (Lipinski definition) is 4. The molecule has 0 saturated carbocycles. The lowest BCUT2D eigenvalue weighted by molar-refractivity contribution is -0.133. The monoisotopic (exact) mass is 444 g/mol. The van der Waals surface area contributed by atoms with Gasteiger partial charge in [0.05, 0.1) is 12.1 Å². The van der Waals surface area contributed by atoms with Crippen molar-refractivity contribution >= 4 is 17.7 Å². The second-order valence-electron chi connectivity index (χ2n) is 9.10. The quantitative estimate of drug-likeness (QED) is 0.422. The predicted molar refractivity (Wildman–Crippen MR) is 127 cm³/mol. The first-order valence-electron chi connectivity index (χ1n) is 11.9. The van der Waals surface area contributed by atoms with Crippen LogP contribution in [0.5, 0.6) is 0 Å². The fraction of sp³-hybridized carbons (Fsp3) is 0.640. The lowest BCUT2D eigenvalue weighted by atomic mass is 9.87. The molecule has 2 rings (SSSR count). The molecule has 0 fully saturated rings. The standard InChI is InChI=1S/C25H40N4O3/c1-6-7-14-21(28-25(32)22(16(2)3)29-23(30)17(4)26-5)24(31)27-20-15-10-12-18-11-8-9-13-19(18)20/h8-9,11,13,16-17,20-22,26H,6-7,10,12,14-15H2,1-5H3,(H,27,31)(H,28,32)(H,29,30). The molecular formula is C25H40N4O3. The van der Waals surface area contributed by atoms with Crippen LogP contribution in [0.2, 0.25) is 0 Å². The van der Waals surface area contributed by atoms with Crippen molar-refractivity contribution in [2.24, 2.45) is 5.92 Å². The van der Waals surface area contributed by atoms with E-state index in [2.05, 4.69) is 40.3 Å². The third-order valence-corrected chi connectivity index (χ3v) is 6.24. The molecule has 0 bridgehead atoms. The third kappa shape index (κ3) is 7.05. The van der Waals surface area contributed by atoms with Gasteiger partial charge < -0.3 is 21.3 Å². The minimum Gasteiger partial charge on any atom is -0.348 e. The summed E-state index contributed by atoms with van der Waals surface area (Å²) in [4.78, 5) is 38.6. The Labute approximate surface area is 192 Å². The highest BCUT2D eigenvalue weighted by Gasteiger charge is 2.31. The fourth-order valence-corrected chi connectivity index (χ4v) is 4.06. The summed E-state index contributed by atoms with van der Waals surface area (Å²) in [5, 5.41) is 11.8. The second-order valence-corrected chi connectivity index (χ2v) is 9.10. The molecule has 1 aliphatic rings. The first-order chi connectivity index (χ1) is 15.3. The zero-order chi connectivity index (χ0) is 23.7. The average Bonchev–Trinajstić information content (AvgIpc) is 2.79. The summed E-state index contributed by atoms with van der Waals surface area (Å²) in [5.74, 6) is -0.833. The normalized spacial score (nSPS) is 18.2. The summed E-state index contributed by atoms with van der Waals surface area (Å²) < 4.78 is 0. The van der Waals surface area contributed by atoms with Crippen molar-refractivity contribution in [3.8, 4) is 0 Å². The van der Waals surface area contributed by atoms with Crippen molar-refractivity contribution in [2.75, 3.05) is 7.05 Å². The number of unbranched alkanes of at least 4 members (excludes halogenated alkanes) is 1. The average molecular weight is 445 g/mol. The maximum Gasteiger partial charge on any atom is 0.243 e. The van der Waals surface area contributed by atoms with Crippen LogP contribution in [-0.4, -0.2) is 42.9 Å². The Morgan fingerprint density at radius 3 is 2.41 bits per heavy atom. The number of nitrogens with one attached hydrogen (secondary N) is 4. The Morgan fingerprint density at radius 2 is 1.75 bits per heavy atom. The summed E-state index contributed by atoms with van der Waals surface area (Å²) in [6, 6.07) is 6.45. The van der Waals surface area contributed by atoms with Crippen molar-refractivity contribution in [1.82, 2.24) is 21.3 Å². The predicted octanol–water partition coefficient (Wildman–Crippen LogP) is 2.60. The number of amides is 3. The Morgan fingerprint density at radius 1 is 1.03 bits per heavy atom. The van der Waals surface area contributed by atoms with Gasteiger partial charge in [-0.05, 0) is 56.7 Å². The topological polar surface area (TPSA) is 99.3 Å². The molecule has 178 valence electrons. The molecule has 1 aliphatic carbocycles. The van der Waals surface area contributed by atoms with E-state index in [1.54, 1.807) is 14.0 Å². The molecule has 32 heavy (non-hydrogen) atoms. The lowest BCUT2D eigenvalue weighted by Crippen LogP contribution is -2.57. The van der Waals surface area contributed by atoms with Gasteiger partial charge in [-0.25, -0.2) is 0 Å². The summed E-state index contributed by atoms with van der Waals surface area (Å²) in [6.45, 7) is 7.57. The van der Waals surface area contributed by atoms with Crippen LogP contribution >= 0.6 is 0 Å². The maximum absolute atomic E-state index is 13.2. The summed E-state index contributed by atoms with van der Waals surface area (Å²) in [6.07, 6.45) is 5.27. The molecule has 4 unspecified atom stereocenters. The Balaban J connectivity index is 2.10. The summed E-state index contributed by atoms with van der Waals surface area (Å²) >= 11 is 0. The number of carbonyl (C=O) groups is 3. The molecule has 0 aliphatic heterocycles. The zero-order valence-corrected chi connectivity index (χ0v) is 20.2. The minimum absolute atomic E-state index is 0.0365. The number of benzene rings is 1. The van der Waals surface area contributed by atoms with Crippen LogP contribution in [-0.2, 0) is 20.8 Å². The molecule has 7 nitrogen and oxygen atoms in total. The molecule has 0 spiro atoms. The van der Waals surface area contributed by atoms with E-state index < -0.39 is 18.1 Å². The van der Waals surface area contributed by atoms with Gasteiger partial charge in [-0.1, -0.05) is 57.9 Å². The van der Waals surface area contributed by atoms with Gasteiger partial charge in [0.1, 0.15) is 12.1 Å². The van der Waals surface area contributed by atoms with Crippen LogP contribution in [0.3, 0.4) is 0 Å². The van der Waals surface area contributed by atoms with Crippen molar-refractivity contribution in [3.05, 3.63) is 35.4 Å². The maximum atomic E-state index is 13.2. The van der Waals surface area contributed by atoms with Crippen molar-refractivity contribution < 1.29 is 14.4 Å². The van der Waals surface area contributed by atoms with Crippen LogP contribution in [0.4, 0.5) is 0 Å². The van der Waals surface area contributed by atoms with Gasteiger partial charge in [-0.15, -0.1) is 0 Å². The Bertz CT molecular complexity index is 780. The van der Waals surface area contributed by atoms with Gasteiger partial charge in [0.15, 0.2) is 0 Å². The second kappa shape index (κ2) is 12.6. The lowest BCUT2D eigenvalue weighted by Gasteiger charge is -2.30. The van der Waals surface area contributed by atoms with Crippen LogP contribution in [0.25, 0.3) is 0 Å². The third-order valence-electron chi connectivity index (χ3n) is 6.24. The molecule has 7 heteroatoms. The molecule has 4 atom stereocenters. The van der Waals surface area contributed by atoms with Crippen LogP contribution in [0, 0.1) is 5.92 Å². The van der Waals surface area contributed by atoms with Crippen LogP contribution in [0.15, 0.2) is 24.3 Å². The summed E-state index contributed by atoms with van der Waals surface area (Å²) in [5.41, 5.74) is 2.44. The van der Waals surface area contributed by atoms with Crippen molar-refractivity contribution in [3.63, 3.8) is 0 Å². The van der Waals surface area contributed by atoms with E-state index in [0.717, 1.165) is 32.1 Å². The number of fused-ring (bicyclic) bond motifs is 1. The highest BCUT2D eigenvalue weighted by Crippen LogP contribution is 2.29. The molecule has 1 aromatic rings. The fourth-order valence-electron chi connectivity index (χ4n) is 4.06. The number of carbonyl (C=O) groups excluding carboxylic acids is 3. The Kier molecular flexibility index (Phi) is 10.2. The first-order valence-corrected chi connectivity index (χ1v) is 11.9. The molecule has 0 aromatic heterocycles. The van der Waals surface area contributed by atoms with Crippen molar-refractivity contribution in [2.45, 2.75) is 90.4 Å². The van der Waals surface area contributed by atoms with Gasteiger partial charge in [-0.3, -0.25) is 14.4 Å². The van der Waals surface area contributed by atoms with E-state index in [1.165, 1.54) is 11.1 Å². The number of aryl methyl sites for hydroxylation is 1. The van der Waals surface area contributed by atoms with Crippen LogP contribution in [0.1, 0.15) is 77.0 Å². The van der Waals surface area contributed by atoms with Crippen LogP contribution < -0.4 is 21.3 Å². The number of rotatable bonds is 11. The number of likely N-dealkylation sites (N-methyl/N-ethyl adjacent to an activating group) is 1. The van der Waals surface area contributed by atoms with Crippen molar-refractivity contribution in [1.29, 1.82) is 0 Å². The molecule has 4 N–H and O–H groups in total. The van der Waals surface area contributed by atoms with E-state index in [4.69, 9.17) is 0 Å². The van der Waals surface area contributed by atoms with Gasteiger partial charge in [0.25, 0.3) is 0 Å². The smallest absolute Gasteiger partial charge is 0.243 e. The van der Waals surface area contributed by atoms with E-state index in [0.29, 0.717) is 6.42 Å². The summed E-state index contributed by atoms with van der Waals surface area (Å²) in [7, 11) is 1.70. The van der Waals surface area contributed by atoms with Gasteiger partial charge in [0.2, 0.25) is 17.7 Å². The Hall–Kier alpha value is -2.41. The number of hydrogen-bond acceptors (Lipinski definition) is 4. The SMILES string of the molecule is CCCCC(NC(=O)C(NC(=O)C(C)NC)C(C)C)C(=O)NC1CCCc2ccccc21. The molecule has 0 saturated heterocycles. The molecule has 1 aromatic carbocycles. The molecule has 0 heterocycles. The van der Waals surface area contributed by atoms with Gasteiger partial charge in [-0.2, -0.15) is 0 Å². The van der Waals surface area contributed by atoms with Gasteiger partial charge in [0, 0.05) is 0 Å². The minimum atomic E-state index is -0.703. The highest BCUT2D eigenvalue weighted by atomic mass is 16.2. The van der Waals surface area contributed by atoms with Gasteiger partial charge >= 0.3 is 0 Å². The molecular weight excluding hydrogens is 404 g/mol. The van der Waals surface area contributed by atoms with E-state index in [9.17, 15) is 14.4 Å². The van der Waals surface area contributed by atoms with E-state index in [-0.39, 0.29) is 29.7 Å². The first kappa shape index (κ1) is 25.8.